The first-order valence-corrected chi connectivity index (χ1v) is 7.10. The first-order valence-electron chi connectivity index (χ1n) is 5.23. The molecule has 0 aliphatic rings. The summed E-state index contributed by atoms with van der Waals surface area (Å²) in [6.45, 7) is 1.48. The predicted octanol–water partition coefficient (Wildman–Crippen LogP) is 3.57. The third kappa shape index (κ3) is 3.30. The smallest absolute Gasteiger partial charge is 0.313 e. The van der Waals surface area contributed by atoms with Crippen LogP contribution in [0.1, 0.15) is 5.56 Å². The molecule has 0 saturated carbocycles. The van der Waals surface area contributed by atoms with E-state index in [1.54, 1.807) is 5.38 Å². The molecule has 7 heteroatoms. The van der Waals surface area contributed by atoms with Crippen molar-refractivity contribution in [3.8, 4) is 11.3 Å². The van der Waals surface area contributed by atoms with Crippen LogP contribution >= 0.6 is 23.1 Å². The quantitative estimate of drug-likeness (QED) is 0.877. The molecule has 1 aromatic heterocycles. The number of carbonyl (C=O) groups is 1. The number of nitrogens with zero attached hydrogens (tertiary/aromatic N) is 1. The van der Waals surface area contributed by atoms with Crippen molar-refractivity contribution in [3.05, 3.63) is 34.7 Å². The maximum Gasteiger partial charge on any atom is 0.313 e. The Morgan fingerprint density at radius 3 is 2.84 bits per heavy atom. The summed E-state index contributed by atoms with van der Waals surface area (Å²) in [5.74, 6) is -2.10. The highest BCUT2D eigenvalue weighted by atomic mass is 32.2. The van der Waals surface area contributed by atoms with Gasteiger partial charge in [0.1, 0.15) is 11.6 Å². The number of rotatable bonds is 4. The van der Waals surface area contributed by atoms with E-state index in [1.165, 1.54) is 18.3 Å². The minimum Gasteiger partial charge on any atom is -0.481 e. The number of halogens is 2. The van der Waals surface area contributed by atoms with Crippen LogP contribution < -0.4 is 0 Å². The van der Waals surface area contributed by atoms with Crippen LogP contribution in [0.2, 0.25) is 0 Å². The molecule has 2 rings (SSSR count). The van der Waals surface area contributed by atoms with Crippen molar-refractivity contribution in [1.82, 2.24) is 4.98 Å². The number of aromatic nitrogens is 1. The SMILES string of the molecule is Cc1cc(F)c(-c2csc(SCC(=O)O)n2)cc1F. The lowest BCUT2D eigenvalue weighted by atomic mass is 10.1. The number of aryl methyl sites for hydroxylation is 1. The summed E-state index contributed by atoms with van der Waals surface area (Å²) in [5, 5.41) is 10.1. The van der Waals surface area contributed by atoms with E-state index >= 15 is 0 Å². The molecular weight excluding hydrogens is 292 g/mol. The van der Waals surface area contributed by atoms with E-state index in [-0.39, 0.29) is 16.9 Å². The van der Waals surface area contributed by atoms with E-state index in [9.17, 15) is 13.6 Å². The van der Waals surface area contributed by atoms with Crippen molar-refractivity contribution >= 4 is 29.1 Å². The fourth-order valence-corrected chi connectivity index (χ4v) is 2.96. The molecule has 0 spiro atoms. The second-order valence-corrected chi connectivity index (χ2v) is 5.84. The molecule has 19 heavy (non-hydrogen) atoms. The van der Waals surface area contributed by atoms with Crippen LogP contribution in [0.15, 0.2) is 21.9 Å². The summed E-state index contributed by atoms with van der Waals surface area (Å²) < 4.78 is 27.7. The van der Waals surface area contributed by atoms with E-state index in [0.29, 0.717) is 10.0 Å². The number of benzene rings is 1. The molecule has 0 radical (unpaired) electrons. The molecule has 3 nitrogen and oxygen atoms in total. The summed E-state index contributed by atoms with van der Waals surface area (Å²) in [7, 11) is 0. The largest absolute Gasteiger partial charge is 0.481 e. The van der Waals surface area contributed by atoms with Gasteiger partial charge < -0.3 is 5.11 Å². The Morgan fingerprint density at radius 2 is 2.16 bits per heavy atom. The molecule has 0 aliphatic heterocycles. The van der Waals surface area contributed by atoms with Crippen molar-refractivity contribution < 1.29 is 18.7 Å². The fourth-order valence-electron chi connectivity index (χ4n) is 1.41. The van der Waals surface area contributed by atoms with Crippen LogP contribution in [0.25, 0.3) is 11.3 Å². The number of hydrogen-bond donors (Lipinski definition) is 1. The summed E-state index contributed by atoms with van der Waals surface area (Å²) in [6, 6.07) is 2.22. The molecule has 1 heterocycles. The first kappa shape index (κ1) is 14.0. The van der Waals surface area contributed by atoms with Gasteiger partial charge in [0.2, 0.25) is 0 Å². The lowest BCUT2D eigenvalue weighted by molar-refractivity contribution is -0.133. The Morgan fingerprint density at radius 1 is 1.42 bits per heavy atom. The Bertz CT molecular complexity index is 628. The van der Waals surface area contributed by atoms with Gasteiger partial charge in [-0.1, -0.05) is 11.8 Å². The van der Waals surface area contributed by atoms with Gasteiger partial charge in [0, 0.05) is 10.9 Å². The van der Waals surface area contributed by atoms with Gasteiger partial charge in [0.15, 0.2) is 4.34 Å². The lowest BCUT2D eigenvalue weighted by Crippen LogP contribution is -1.97. The highest BCUT2D eigenvalue weighted by Crippen LogP contribution is 2.30. The summed E-state index contributed by atoms with van der Waals surface area (Å²) in [5.41, 5.74) is 0.632. The van der Waals surface area contributed by atoms with Crippen molar-refractivity contribution in [2.24, 2.45) is 0 Å². The van der Waals surface area contributed by atoms with Crippen molar-refractivity contribution in [3.63, 3.8) is 0 Å². The Balaban J connectivity index is 2.27. The molecule has 0 unspecified atom stereocenters. The third-order valence-corrected chi connectivity index (χ3v) is 4.33. The average molecular weight is 301 g/mol. The van der Waals surface area contributed by atoms with Crippen molar-refractivity contribution in [2.45, 2.75) is 11.3 Å². The highest BCUT2D eigenvalue weighted by molar-refractivity contribution is 8.01. The Labute approximate surface area is 116 Å². The number of thioether (sulfide) groups is 1. The van der Waals surface area contributed by atoms with Crippen LogP contribution in [-0.2, 0) is 4.79 Å². The van der Waals surface area contributed by atoms with Gasteiger partial charge in [-0.25, -0.2) is 13.8 Å². The van der Waals surface area contributed by atoms with Crippen LogP contribution in [0, 0.1) is 18.6 Å². The number of carboxylic acid groups (broad SMARTS) is 1. The van der Waals surface area contributed by atoms with E-state index in [0.717, 1.165) is 23.9 Å². The Hall–Kier alpha value is -1.47. The predicted molar refractivity (Wildman–Crippen MR) is 70.6 cm³/mol. The number of thiazole rings is 1. The Kier molecular flexibility index (Phi) is 4.16. The topological polar surface area (TPSA) is 50.2 Å². The van der Waals surface area contributed by atoms with Crippen LogP contribution in [0.3, 0.4) is 0 Å². The zero-order chi connectivity index (χ0) is 14.0. The minimum atomic E-state index is -0.950. The molecular formula is C12H9F2NO2S2. The molecule has 2 aromatic rings. The maximum absolute atomic E-state index is 13.7. The van der Waals surface area contributed by atoms with Gasteiger partial charge in [-0.2, -0.15) is 0 Å². The molecule has 0 atom stereocenters. The van der Waals surface area contributed by atoms with Gasteiger partial charge in [-0.3, -0.25) is 4.79 Å². The van der Waals surface area contributed by atoms with E-state index < -0.39 is 17.6 Å². The van der Waals surface area contributed by atoms with Crippen molar-refractivity contribution in [1.29, 1.82) is 0 Å². The van der Waals surface area contributed by atoms with Gasteiger partial charge in [0.25, 0.3) is 0 Å². The van der Waals surface area contributed by atoms with Gasteiger partial charge >= 0.3 is 5.97 Å². The van der Waals surface area contributed by atoms with Gasteiger partial charge in [0.05, 0.1) is 11.4 Å². The van der Waals surface area contributed by atoms with Crippen LogP contribution in [-0.4, -0.2) is 21.8 Å². The zero-order valence-electron chi connectivity index (χ0n) is 9.81. The number of hydrogen-bond acceptors (Lipinski definition) is 4. The molecule has 0 saturated heterocycles. The summed E-state index contributed by atoms with van der Waals surface area (Å²) >= 11 is 2.25. The normalized spacial score (nSPS) is 10.7. The van der Waals surface area contributed by atoms with Crippen LogP contribution in [0.4, 0.5) is 8.78 Å². The van der Waals surface area contributed by atoms with Gasteiger partial charge in [-0.15, -0.1) is 11.3 Å². The number of carboxylic acids is 1. The second-order valence-electron chi connectivity index (χ2n) is 3.76. The standard InChI is InChI=1S/C12H9F2NO2S2/c1-6-2-9(14)7(3-8(6)13)10-4-18-12(15-10)19-5-11(16)17/h2-4H,5H2,1H3,(H,16,17). The molecule has 1 N–H and O–H groups in total. The molecule has 100 valence electrons. The minimum absolute atomic E-state index is 0.0847. The van der Waals surface area contributed by atoms with Crippen molar-refractivity contribution in [2.75, 3.05) is 5.75 Å². The third-order valence-electron chi connectivity index (χ3n) is 2.33. The molecule has 0 fully saturated rings. The lowest BCUT2D eigenvalue weighted by Gasteiger charge is -2.02. The number of aliphatic carboxylic acids is 1. The zero-order valence-corrected chi connectivity index (χ0v) is 11.4. The van der Waals surface area contributed by atoms with E-state index in [1.807, 2.05) is 0 Å². The molecule has 0 bridgehead atoms. The summed E-state index contributed by atoms with van der Waals surface area (Å²) in [6.07, 6.45) is 0. The van der Waals surface area contributed by atoms with Gasteiger partial charge in [-0.05, 0) is 24.6 Å². The monoisotopic (exact) mass is 301 g/mol. The maximum atomic E-state index is 13.7. The average Bonchev–Trinajstić information content (AvgIpc) is 2.80. The summed E-state index contributed by atoms with van der Waals surface area (Å²) in [4.78, 5) is 14.5. The highest BCUT2D eigenvalue weighted by Gasteiger charge is 2.13. The molecule has 1 aromatic carbocycles. The van der Waals surface area contributed by atoms with E-state index in [2.05, 4.69) is 4.98 Å². The second kappa shape index (κ2) is 5.66. The van der Waals surface area contributed by atoms with Crippen LogP contribution in [0.5, 0.6) is 0 Å². The van der Waals surface area contributed by atoms with E-state index in [4.69, 9.17) is 5.11 Å². The molecule has 0 amide bonds. The fraction of sp³-hybridized carbons (Fsp3) is 0.167. The first-order chi connectivity index (χ1) is 8.97. The molecule has 0 aliphatic carbocycles.